The van der Waals surface area contributed by atoms with Crippen LogP contribution in [-0.4, -0.2) is 102 Å². The largest absolute Gasteiger partial charge is 0.480 e. The van der Waals surface area contributed by atoms with E-state index in [2.05, 4.69) is 15.2 Å². The smallest absolute Gasteiger partial charge is 0.325 e. The molecule has 10 heteroatoms. The summed E-state index contributed by atoms with van der Waals surface area (Å²) in [6.07, 6.45) is 1.74. The minimum absolute atomic E-state index is 0.0889. The van der Waals surface area contributed by atoms with Crippen LogP contribution in [0.3, 0.4) is 0 Å². The molecular formula is C24H33N5O5. The Morgan fingerprint density at radius 2 is 1.79 bits per heavy atom. The fourth-order valence-corrected chi connectivity index (χ4v) is 4.50. The maximum atomic E-state index is 12.6. The fraction of sp³-hybridized carbons (Fsp3) is 0.542. The van der Waals surface area contributed by atoms with Gasteiger partial charge in [0.2, 0.25) is 11.8 Å². The zero-order valence-corrected chi connectivity index (χ0v) is 19.7. The van der Waals surface area contributed by atoms with Crippen LogP contribution in [-0.2, 0) is 19.1 Å². The van der Waals surface area contributed by atoms with Crippen LogP contribution in [0.25, 0.3) is 10.9 Å². The Hall–Kier alpha value is -2.95. The summed E-state index contributed by atoms with van der Waals surface area (Å²) < 4.78 is 5.31. The summed E-state index contributed by atoms with van der Waals surface area (Å²) in [6, 6.07) is 4.67. The van der Waals surface area contributed by atoms with Gasteiger partial charge in [-0.05, 0) is 18.2 Å². The lowest BCUT2D eigenvalue weighted by Crippen LogP contribution is -2.52. The highest BCUT2D eigenvalue weighted by atomic mass is 16.5. The van der Waals surface area contributed by atoms with Gasteiger partial charge in [-0.25, -0.2) is 0 Å². The number of nitrogens with one attached hydrogen (secondary N) is 2. The molecule has 10 nitrogen and oxygen atoms in total. The van der Waals surface area contributed by atoms with Crippen molar-refractivity contribution in [2.24, 2.45) is 5.92 Å². The van der Waals surface area contributed by atoms with Crippen LogP contribution in [0.2, 0.25) is 0 Å². The summed E-state index contributed by atoms with van der Waals surface area (Å²) in [5.74, 6) is -1.07. The molecule has 0 aliphatic carbocycles. The van der Waals surface area contributed by atoms with Gasteiger partial charge >= 0.3 is 5.97 Å². The van der Waals surface area contributed by atoms with Crippen LogP contribution >= 0.6 is 0 Å². The molecule has 2 fully saturated rings. The number of piperazine rings is 1. The number of carboxylic acid groups (broad SMARTS) is 1. The molecule has 2 saturated heterocycles. The number of fused-ring (bicyclic) bond motifs is 1. The van der Waals surface area contributed by atoms with Gasteiger partial charge in [-0.1, -0.05) is 13.8 Å². The molecule has 0 spiro atoms. The molecule has 0 bridgehead atoms. The quantitative estimate of drug-likeness (QED) is 0.558. The van der Waals surface area contributed by atoms with E-state index in [0.29, 0.717) is 70.3 Å². The van der Waals surface area contributed by atoms with Gasteiger partial charge < -0.3 is 25.0 Å². The van der Waals surface area contributed by atoms with Crippen molar-refractivity contribution < 1.29 is 24.2 Å². The molecule has 3 heterocycles. The molecule has 2 aromatic rings. The van der Waals surface area contributed by atoms with Crippen LogP contribution in [0.4, 0.5) is 5.69 Å². The lowest BCUT2D eigenvalue weighted by molar-refractivity contribution is -0.145. The number of morpholine rings is 1. The average Bonchev–Trinajstić information content (AvgIpc) is 3.23. The van der Waals surface area contributed by atoms with Crippen molar-refractivity contribution in [3.05, 3.63) is 30.0 Å². The summed E-state index contributed by atoms with van der Waals surface area (Å²) in [5.41, 5.74) is 2.13. The van der Waals surface area contributed by atoms with E-state index >= 15 is 0 Å². The highest BCUT2D eigenvalue weighted by molar-refractivity contribution is 5.96. The predicted octanol–water partition coefficient (Wildman–Crippen LogP) is 1.36. The summed E-state index contributed by atoms with van der Waals surface area (Å²) in [4.78, 5) is 46.0. The third-order valence-corrected chi connectivity index (χ3v) is 6.53. The second-order valence-electron chi connectivity index (χ2n) is 9.19. The molecule has 0 unspecified atom stereocenters. The number of aliphatic carboxylic acids is 1. The molecule has 3 N–H and O–H groups in total. The normalized spacial score (nSPS) is 18.9. The van der Waals surface area contributed by atoms with Gasteiger partial charge in [0.25, 0.3) is 0 Å². The molecule has 34 heavy (non-hydrogen) atoms. The van der Waals surface area contributed by atoms with Crippen molar-refractivity contribution in [1.82, 2.24) is 19.7 Å². The Bertz CT molecular complexity index is 1040. The number of nitrogens with zero attached hydrogens (tertiary/aromatic N) is 3. The Morgan fingerprint density at radius 3 is 2.44 bits per heavy atom. The van der Waals surface area contributed by atoms with E-state index in [4.69, 9.17) is 4.74 Å². The number of anilines is 1. The van der Waals surface area contributed by atoms with E-state index in [9.17, 15) is 19.5 Å². The number of carbonyl (C=O) groups excluding carboxylic acids is 2. The first kappa shape index (κ1) is 24.2. The van der Waals surface area contributed by atoms with Crippen molar-refractivity contribution in [2.75, 3.05) is 64.3 Å². The van der Waals surface area contributed by atoms with Crippen molar-refractivity contribution in [3.63, 3.8) is 0 Å². The second kappa shape index (κ2) is 10.5. The Labute approximate surface area is 198 Å². The van der Waals surface area contributed by atoms with Crippen LogP contribution in [0.15, 0.2) is 24.4 Å². The minimum Gasteiger partial charge on any atom is -0.480 e. The molecule has 1 atom stereocenters. The van der Waals surface area contributed by atoms with E-state index < -0.39 is 12.0 Å². The van der Waals surface area contributed by atoms with E-state index in [1.165, 1.54) is 0 Å². The van der Waals surface area contributed by atoms with E-state index in [-0.39, 0.29) is 17.7 Å². The SMILES string of the molecule is CC(C)C(=O)Nc1ccc2[nH]cc([C@H](C(=O)O)N3CCN(CC(=O)N4CCOCC4)CC3)c2c1. The first-order valence-corrected chi connectivity index (χ1v) is 11.8. The first-order chi connectivity index (χ1) is 16.3. The van der Waals surface area contributed by atoms with Gasteiger partial charge in [0.05, 0.1) is 19.8 Å². The number of rotatable bonds is 7. The molecule has 0 radical (unpaired) electrons. The second-order valence-corrected chi connectivity index (χ2v) is 9.19. The Kier molecular flexibility index (Phi) is 7.50. The predicted molar refractivity (Wildman–Crippen MR) is 128 cm³/mol. The zero-order chi connectivity index (χ0) is 24.2. The third kappa shape index (κ3) is 5.40. The number of hydrogen-bond acceptors (Lipinski definition) is 6. The van der Waals surface area contributed by atoms with Gasteiger partial charge in [-0.15, -0.1) is 0 Å². The summed E-state index contributed by atoms with van der Waals surface area (Å²) in [6.45, 7) is 8.73. The number of carbonyl (C=O) groups is 3. The number of benzene rings is 1. The van der Waals surface area contributed by atoms with Crippen molar-refractivity contribution in [2.45, 2.75) is 19.9 Å². The van der Waals surface area contributed by atoms with Gasteiger partial charge in [0.15, 0.2) is 0 Å². The minimum atomic E-state index is -0.921. The number of aromatic nitrogens is 1. The molecule has 0 saturated carbocycles. The van der Waals surface area contributed by atoms with Crippen molar-refractivity contribution in [1.29, 1.82) is 0 Å². The average molecular weight is 472 g/mol. The van der Waals surface area contributed by atoms with Gasteiger partial charge in [0.1, 0.15) is 6.04 Å². The summed E-state index contributed by atoms with van der Waals surface area (Å²) in [5, 5.41) is 13.8. The lowest BCUT2D eigenvalue weighted by atomic mass is 10.0. The van der Waals surface area contributed by atoms with Crippen LogP contribution in [0.5, 0.6) is 0 Å². The van der Waals surface area contributed by atoms with Crippen LogP contribution < -0.4 is 5.32 Å². The molecule has 2 aliphatic rings. The van der Waals surface area contributed by atoms with E-state index in [1.54, 1.807) is 6.20 Å². The molecule has 2 aliphatic heterocycles. The van der Waals surface area contributed by atoms with E-state index in [1.807, 2.05) is 41.8 Å². The maximum Gasteiger partial charge on any atom is 0.325 e. The first-order valence-electron chi connectivity index (χ1n) is 11.8. The zero-order valence-electron chi connectivity index (χ0n) is 19.7. The number of H-pyrrole nitrogens is 1. The molecule has 184 valence electrons. The van der Waals surface area contributed by atoms with Gasteiger partial charge in [0, 0.05) is 73.5 Å². The highest BCUT2D eigenvalue weighted by Crippen LogP contribution is 2.31. The monoisotopic (exact) mass is 471 g/mol. The number of hydrogen-bond donors (Lipinski definition) is 3. The molecule has 1 aromatic heterocycles. The highest BCUT2D eigenvalue weighted by Gasteiger charge is 2.33. The molecule has 4 rings (SSSR count). The van der Waals surface area contributed by atoms with Gasteiger partial charge in [-0.3, -0.25) is 24.2 Å². The summed E-state index contributed by atoms with van der Waals surface area (Å²) in [7, 11) is 0. The Balaban J connectivity index is 1.45. The number of aromatic amines is 1. The number of carboxylic acids is 1. The van der Waals surface area contributed by atoms with Crippen molar-refractivity contribution in [3.8, 4) is 0 Å². The third-order valence-electron chi connectivity index (χ3n) is 6.53. The standard InChI is InChI=1S/C24H33N5O5/c1-16(2)23(31)26-17-3-4-20-18(13-17)19(14-25-20)22(24(32)33)29-7-5-27(6-8-29)15-21(30)28-9-11-34-12-10-28/h3-4,13-14,16,22,25H,5-12,15H2,1-2H3,(H,26,31)(H,32,33)/t22-/m1/s1. The number of amides is 2. The Morgan fingerprint density at radius 1 is 1.09 bits per heavy atom. The molecule has 2 amide bonds. The van der Waals surface area contributed by atoms with Crippen LogP contribution in [0, 0.1) is 5.92 Å². The fourth-order valence-electron chi connectivity index (χ4n) is 4.50. The van der Waals surface area contributed by atoms with Crippen LogP contribution in [0.1, 0.15) is 25.5 Å². The van der Waals surface area contributed by atoms with E-state index in [0.717, 1.165) is 10.9 Å². The van der Waals surface area contributed by atoms with Crippen molar-refractivity contribution >= 4 is 34.4 Å². The lowest BCUT2D eigenvalue weighted by Gasteiger charge is -2.38. The summed E-state index contributed by atoms with van der Waals surface area (Å²) >= 11 is 0. The molecular weight excluding hydrogens is 438 g/mol. The topological polar surface area (TPSA) is 118 Å². The molecule has 1 aromatic carbocycles. The van der Waals surface area contributed by atoms with Gasteiger partial charge in [-0.2, -0.15) is 0 Å². The maximum absolute atomic E-state index is 12.6. The number of ether oxygens (including phenoxy) is 1.